The van der Waals surface area contributed by atoms with Gasteiger partial charge in [0.2, 0.25) is 0 Å². The molecule has 0 aromatic heterocycles. The molecule has 8 nitrogen and oxygen atoms in total. The van der Waals surface area contributed by atoms with Gasteiger partial charge in [0.15, 0.2) is 0 Å². The predicted molar refractivity (Wildman–Crippen MR) is 61.9 cm³/mol. The van der Waals surface area contributed by atoms with E-state index < -0.39 is 10.7 Å². The summed E-state index contributed by atoms with van der Waals surface area (Å²) >= 11 is 0. The molecule has 0 aromatic carbocycles. The Hall–Kier alpha value is -0.800. The standard InChI is InChI=1S/C6H13N5O3.2ClH/c7-10-4-3-9-6(10,11(12)13)2-1-5-14-8;;/h3-4,9H,1-2,5,7-8H2;2*1H. The Morgan fingerprint density at radius 1 is 1.56 bits per heavy atom. The molecule has 0 aromatic rings. The van der Waals surface area contributed by atoms with Crippen molar-refractivity contribution >= 4 is 24.8 Å². The van der Waals surface area contributed by atoms with Crippen LogP contribution in [0.15, 0.2) is 12.4 Å². The first kappa shape index (κ1) is 17.6. The third kappa shape index (κ3) is 3.35. The van der Waals surface area contributed by atoms with Gasteiger partial charge in [-0.15, -0.1) is 24.8 Å². The molecule has 0 radical (unpaired) electrons. The monoisotopic (exact) mass is 275 g/mol. The molecule has 0 aliphatic carbocycles. The number of halogens is 2. The van der Waals surface area contributed by atoms with E-state index in [0.29, 0.717) is 6.42 Å². The average Bonchev–Trinajstić information content (AvgIpc) is 2.49. The summed E-state index contributed by atoms with van der Waals surface area (Å²) < 4.78 is 0. The molecule has 0 saturated heterocycles. The molecule has 96 valence electrons. The van der Waals surface area contributed by atoms with E-state index in [2.05, 4.69) is 10.2 Å². The molecular formula is C6H15Cl2N5O3. The molecule has 1 rings (SSSR count). The van der Waals surface area contributed by atoms with Crippen molar-refractivity contribution in [2.24, 2.45) is 11.7 Å². The molecule has 10 heteroatoms. The van der Waals surface area contributed by atoms with Crippen LogP contribution in [0.1, 0.15) is 12.8 Å². The van der Waals surface area contributed by atoms with Gasteiger partial charge in [0.05, 0.1) is 18.0 Å². The highest BCUT2D eigenvalue weighted by molar-refractivity contribution is 5.85. The molecule has 0 fully saturated rings. The maximum Gasteiger partial charge on any atom is 0.387 e. The summed E-state index contributed by atoms with van der Waals surface area (Å²) in [4.78, 5) is 14.7. The second-order valence-electron chi connectivity index (χ2n) is 2.92. The number of nitrogens with zero attached hydrogens (tertiary/aromatic N) is 2. The molecular weight excluding hydrogens is 261 g/mol. The van der Waals surface area contributed by atoms with Gasteiger partial charge < -0.3 is 10.2 Å². The second kappa shape index (κ2) is 7.47. The third-order valence-electron chi connectivity index (χ3n) is 2.07. The molecule has 0 saturated carbocycles. The number of hydrazine groups is 1. The van der Waals surface area contributed by atoms with Gasteiger partial charge in [0.1, 0.15) is 0 Å². The van der Waals surface area contributed by atoms with Crippen molar-refractivity contribution in [3.8, 4) is 0 Å². The summed E-state index contributed by atoms with van der Waals surface area (Å²) in [6, 6.07) is 0. The Balaban J connectivity index is 0. The minimum Gasteiger partial charge on any atom is -0.307 e. The number of nitrogens with one attached hydrogen (secondary N) is 1. The molecule has 1 aliphatic heterocycles. The Labute approximate surface area is 105 Å². The van der Waals surface area contributed by atoms with Crippen LogP contribution in [0.3, 0.4) is 0 Å². The van der Waals surface area contributed by atoms with E-state index in [-0.39, 0.29) is 37.8 Å². The van der Waals surface area contributed by atoms with Crippen LogP contribution in [0.5, 0.6) is 0 Å². The zero-order valence-electron chi connectivity index (χ0n) is 8.37. The van der Waals surface area contributed by atoms with E-state index in [1.165, 1.54) is 12.4 Å². The topological polar surface area (TPSA) is 120 Å². The van der Waals surface area contributed by atoms with Crippen LogP contribution in [0, 0.1) is 10.1 Å². The summed E-state index contributed by atoms with van der Waals surface area (Å²) in [6.45, 7) is 0.255. The fraction of sp³-hybridized carbons (Fsp3) is 0.667. The first-order valence-corrected chi connectivity index (χ1v) is 4.08. The summed E-state index contributed by atoms with van der Waals surface area (Å²) in [7, 11) is 0. The van der Waals surface area contributed by atoms with Crippen molar-refractivity contribution < 1.29 is 9.76 Å². The number of hydrogen-bond donors (Lipinski definition) is 3. The highest BCUT2D eigenvalue weighted by atomic mass is 35.5. The Morgan fingerprint density at radius 3 is 2.56 bits per heavy atom. The molecule has 16 heavy (non-hydrogen) atoms. The Kier molecular flexibility index (Phi) is 8.21. The number of nitro groups is 1. The number of rotatable bonds is 5. The maximum atomic E-state index is 10.8. The molecule has 1 atom stereocenters. The van der Waals surface area contributed by atoms with Crippen molar-refractivity contribution in [2.75, 3.05) is 6.61 Å². The van der Waals surface area contributed by atoms with E-state index in [4.69, 9.17) is 11.7 Å². The van der Waals surface area contributed by atoms with E-state index in [1.54, 1.807) is 0 Å². The average molecular weight is 276 g/mol. The summed E-state index contributed by atoms with van der Waals surface area (Å²) in [6.07, 6.45) is 3.50. The van der Waals surface area contributed by atoms with Crippen LogP contribution in [0.2, 0.25) is 0 Å². The third-order valence-corrected chi connectivity index (χ3v) is 2.07. The number of nitrogens with two attached hydrogens (primary N) is 2. The van der Waals surface area contributed by atoms with Gasteiger partial charge >= 0.3 is 5.79 Å². The quantitative estimate of drug-likeness (QED) is 0.272. The molecule has 0 amide bonds. The van der Waals surface area contributed by atoms with Crippen LogP contribution >= 0.6 is 24.8 Å². The smallest absolute Gasteiger partial charge is 0.307 e. The second-order valence-corrected chi connectivity index (χ2v) is 2.92. The van der Waals surface area contributed by atoms with Gasteiger partial charge in [-0.1, -0.05) is 0 Å². The van der Waals surface area contributed by atoms with Crippen LogP contribution in [0.25, 0.3) is 0 Å². The van der Waals surface area contributed by atoms with Gasteiger partial charge in [0, 0.05) is 12.4 Å². The molecule has 0 bridgehead atoms. The molecule has 1 aliphatic rings. The minimum atomic E-state index is -1.46. The van der Waals surface area contributed by atoms with Gasteiger partial charge in [0.25, 0.3) is 0 Å². The SMILES string of the molecule is Cl.Cl.NOCCCC1([N+](=O)[O-])NC=CN1N. The fourth-order valence-electron chi connectivity index (χ4n) is 1.29. The molecule has 1 unspecified atom stereocenters. The summed E-state index contributed by atoms with van der Waals surface area (Å²) in [5.74, 6) is 8.82. The summed E-state index contributed by atoms with van der Waals surface area (Å²) in [5.41, 5.74) is 0. The van der Waals surface area contributed by atoms with Crippen LogP contribution in [-0.2, 0) is 4.84 Å². The lowest BCUT2D eigenvalue weighted by Crippen LogP contribution is -2.60. The van der Waals surface area contributed by atoms with Crippen molar-refractivity contribution in [3.05, 3.63) is 22.5 Å². The van der Waals surface area contributed by atoms with Crippen molar-refractivity contribution in [2.45, 2.75) is 18.6 Å². The molecule has 0 spiro atoms. The fourth-order valence-corrected chi connectivity index (χ4v) is 1.29. The van der Waals surface area contributed by atoms with Crippen LogP contribution < -0.4 is 17.1 Å². The van der Waals surface area contributed by atoms with Crippen molar-refractivity contribution in [3.63, 3.8) is 0 Å². The zero-order valence-corrected chi connectivity index (χ0v) is 10.00. The summed E-state index contributed by atoms with van der Waals surface area (Å²) in [5, 5.41) is 14.5. The van der Waals surface area contributed by atoms with Crippen molar-refractivity contribution in [1.82, 2.24) is 10.3 Å². The molecule has 1 heterocycles. The lowest BCUT2D eigenvalue weighted by Gasteiger charge is -2.27. The van der Waals surface area contributed by atoms with Gasteiger partial charge in [-0.05, 0) is 6.42 Å². The Morgan fingerprint density at radius 2 is 2.19 bits per heavy atom. The molecule has 5 N–H and O–H groups in total. The van der Waals surface area contributed by atoms with Crippen LogP contribution in [0.4, 0.5) is 0 Å². The highest BCUT2D eigenvalue weighted by Gasteiger charge is 2.48. The van der Waals surface area contributed by atoms with E-state index in [0.717, 1.165) is 5.01 Å². The van der Waals surface area contributed by atoms with Gasteiger partial charge in [-0.2, -0.15) is 0 Å². The Bertz CT molecular complexity index is 254. The normalized spacial score (nSPS) is 22.0. The maximum absolute atomic E-state index is 10.8. The highest BCUT2D eigenvalue weighted by Crippen LogP contribution is 2.20. The predicted octanol–water partition coefficient (Wildman–Crippen LogP) is -0.319. The van der Waals surface area contributed by atoms with E-state index in [1.807, 2.05) is 0 Å². The van der Waals surface area contributed by atoms with Gasteiger partial charge in [-0.3, -0.25) is 10.1 Å². The first-order chi connectivity index (χ1) is 6.63. The van der Waals surface area contributed by atoms with Crippen molar-refractivity contribution in [1.29, 1.82) is 0 Å². The zero-order chi connectivity index (χ0) is 10.6. The largest absolute Gasteiger partial charge is 0.387 e. The van der Waals surface area contributed by atoms with E-state index in [9.17, 15) is 10.1 Å². The van der Waals surface area contributed by atoms with E-state index >= 15 is 0 Å². The number of hydrogen-bond acceptors (Lipinski definition) is 7. The lowest BCUT2D eigenvalue weighted by atomic mass is 10.2. The lowest BCUT2D eigenvalue weighted by molar-refractivity contribution is -0.604. The van der Waals surface area contributed by atoms with Gasteiger partial charge in [-0.25, -0.2) is 16.7 Å². The minimum absolute atomic E-state index is 0. The first-order valence-electron chi connectivity index (χ1n) is 4.08. The van der Waals surface area contributed by atoms with Crippen LogP contribution in [-0.4, -0.2) is 22.3 Å².